The third-order valence-corrected chi connectivity index (χ3v) is 5.90. The maximum Gasteiger partial charge on any atom is 0.249 e. The molecule has 2 aliphatic heterocycles. The van der Waals surface area contributed by atoms with Crippen LogP contribution < -0.4 is 5.73 Å². The number of nitrogen functional groups attached to an aromatic ring is 1. The Morgan fingerprint density at radius 3 is 2.84 bits per heavy atom. The zero-order valence-corrected chi connectivity index (χ0v) is 17.7. The van der Waals surface area contributed by atoms with Crippen molar-refractivity contribution >= 4 is 23.4 Å². The Morgan fingerprint density at radius 2 is 2.09 bits per heavy atom. The second-order valence-electron chi connectivity index (χ2n) is 7.98. The van der Waals surface area contributed by atoms with Gasteiger partial charge in [-0.25, -0.2) is 9.07 Å². The number of hydrogen-bond donors (Lipinski definition) is 1. The van der Waals surface area contributed by atoms with Crippen LogP contribution in [0.4, 0.5) is 10.2 Å². The first kappa shape index (κ1) is 21.9. The first-order chi connectivity index (χ1) is 15.5. The van der Waals surface area contributed by atoms with E-state index >= 15 is 0 Å². The summed E-state index contributed by atoms with van der Waals surface area (Å²) in [6, 6.07) is 5.11. The number of nitrogens with zero attached hydrogens (tertiary/aromatic N) is 4. The molecule has 170 valence electrons. The summed E-state index contributed by atoms with van der Waals surface area (Å²) in [7, 11) is 0. The molecule has 0 saturated carbocycles. The van der Waals surface area contributed by atoms with Crippen molar-refractivity contribution in [2.24, 2.45) is 0 Å². The molecule has 1 aromatic carbocycles. The smallest absolute Gasteiger partial charge is 0.249 e. The van der Waals surface area contributed by atoms with E-state index in [1.165, 1.54) is 34.0 Å². The lowest BCUT2D eigenvalue weighted by molar-refractivity contribution is -0.136. The molecule has 0 radical (unpaired) electrons. The van der Waals surface area contributed by atoms with E-state index in [-0.39, 0.29) is 42.2 Å². The SMILES string of the molecule is Nc1c(C(=O)C2CCCN2C(=O)COCCN2CCCC2=O)cnn1-c1cccc(F)c1. The van der Waals surface area contributed by atoms with Crippen molar-refractivity contribution in [2.75, 3.05) is 38.6 Å². The molecule has 0 aliphatic carbocycles. The van der Waals surface area contributed by atoms with Crippen molar-refractivity contribution in [2.45, 2.75) is 31.7 Å². The highest BCUT2D eigenvalue weighted by Gasteiger charge is 2.36. The van der Waals surface area contributed by atoms with E-state index in [2.05, 4.69) is 5.10 Å². The number of halogens is 1. The van der Waals surface area contributed by atoms with Gasteiger partial charge in [-0.3, -0.25) is 14.4 Å². The summed E-state index contributed by atoms with van der Waals surface area (Å²) in [5.41, 5.74) is 6.75. The molecule has 2 aromatic rings. The number of likely N-dealkylation sites (tertiary alicyclic amines) is 2. The molecule has 10 heteroatoms. The number of rotatable bonds is 8. The average Bonchev–Trinajstić information content (AvgIpc) is 3.51. The van der Waals surface area contributed by atoms with Gasteiger partial charge in [-0.15, -0.1) is 0 Å². The maximum absolute atomic E-state index is 13.5. The molecule has 1 atom stereocenters. The lowest BCUT2D eigenvalue weighted by atomic mass is 10.0. The summed E-state index contributed by atoms with van der Waals surface area (Å²) in [5, 5.41) is 4.14. The monoisotopic (exact) mass is 443 g/mol. The number of carbonyl (C=O) groups is 3. The average molecular weight is 443 g/mol. The Kier molecular flexibility index (Phi) is 6.50. The van der Waals surface area contributed by atoms with Crippen LogP contribution in [-0.2, 0) is 14.3 Å². The van der Waals surface area contributed by atoms with Crippen molar-refractivity contribution in [1.82, 2.24) is 19.6 Å². The number of nitrogens with two attached hydrogens (primary N) is 1. The first-order valence-electron chi connectivity index (χ1n) is 10.7. The van der Waals surface area contributed by atoms with Gasteiger partial charge in [-0.2, -0.15) is 5.10 Å². The summed E-state index contributed by atoms with van der Waals surface area (Å²) in [6.45, 7) is 1.77. The van der Waals surface area contributed by atoms with Gasteiger partial charge in [0.2, 0.25) is 11.8 Å². The zero-order valence-electron chi connectivity index (χ0n) is 17.7. The quantitative estimate of drug-likeness (QED) is 0.488. The van der Waals surface area contributed by atoms with Crippen LogP contribution in [0.1, 0.15) is 36.0 Å². The lowest BCUT2D eigenvalue weighted by Crippen LogP contribution is -2.42. The minimum atomic E-state index is -0.640. The van der Waals surface area contributed by atoms with Gasteiger partial charge in [0.15, 0.2) is 5.78 Å². The number of ether oxygens (including phenoxy) is 1. The second kappa shape index (κ2) is 9.47. The van der Waals surface area contributed by atoms with Crippen LogP contribution >= 0.6 is 0 Å². The molecule has 4 rings (SSSR count). The topological polar surface area (TPSA) is 111 Å². The number of aromatic nitrogens is 2. The summed E-state index contributed by atoms with van der Waals surface area (Å²) >= 11 is 0. The Balaban J connectivity index is 1.37. The number of ketones is 1. The van der Waals surface area contributed by atoms with Gasteiger partial charge in [0.05, 0.1) is 30.1 Å². The third-order valence-electron chi connectivity index (χ3n) is 5.90. The van der Waals surface area contributed by atoms with Gasteiger partial charge in [0.25, 0.3) is 0 Å². The molecular formula is C22H26FN5O4. The third kappa shape index (κ3) is 4.50. The van der Waals surface area contributed by atoms with Crippen molar-refractivity contribution in [3.05, 3.63) is 41.8 Å². The Labute approximate surface area is 184 Å². The van der Waals surface area contributed by atoms with Gasteiger partial charge in [-0.05, 0) is 37.5 Å². The molecule has 32 heavy (non-hydrogen) atoms. The summed E-state index contributed by atoms with van der Waals surface area (Å²) in [4.78, 5) is 40.7. The molecule has 1 aromatic heterocycles. The van der Waals surface area contributed by atoms with Crippen LogP contribution in [0.15, 0.2) is 30.5 Å². The van der Waals surface area contributed by atoms with Crippen molar-refractivity contribution < 1.29 is 23.5 Å². The molecule has 2 N–H and O–H groups in total. The molecule has 1 unspecified atom stereocenters. The van der Waals surface area contributed by atoms with Gasteiger partial charge in [0.1, 0.15) is 18.2 Å². The molecule has 3 heterocycles. The number of hydrogen-bond acceptors (Lipinski definition) is 6. The molecule has 2 saturated heterocycles. The van der Waals surface area contributed by atoms with Gasteiger partial charge in [0, 0.05) is 26.1 Å². The fourth-order valence-electron chi connectivity index (χ4n) is 4.24. The van der Waals surface area contributed by atoms with E-state index in [4.69, 9.17) is 10.5 Å². The van der Waals surface area contributed by atoms with Crippen molar-refractivity contribution in [1.29, 1.82) is 0 Å². The lowest BCUT2D eigenvalue weighted by Gasteiger charge is -2.24. The highest BCUT2D eigenvalue weighted by atomic mass is 19.1. The maximum atomic E-state index is 13.5. The number of benzene rings is 1. The summed E-state index contributed by atoms with van der Waals surface area (Å²) in [5.74, 6) is -0.789. The standard InChI is InChI=1S/C22H26FN5O4/c23-15-4-1-5-16(12-15)28-22(24)17(13-25-28)21(31)18-6-2-9-27(18)20(30)14-32-11-10-26-8-3-7-19(26)29/h1,4-5,12-13,18H,2-3,6-11,14,24H2. The normalized spacial score (nSPS) is 18.5. The number of carbonyl (C=O) groups excluding carboxylic acids is 3. The fourth-order valence-corrected chi connectivity index (χ4v) is 4.24. The second-order valence-corrected chi connectivity index (χ2v) is 7.98. The number of amides is 2. The van der Waals surface area contributed by atoms with E-state index in [1.54, 1.807) is 11.0 Å². The molecular weight excluding hydrogens is 417 g/mol. The van der Waals surface area contributed by atoms with Crippen LogP contribution in [0.25, 0.3) is 5.69 Å². The number of anilines is 1. The fraction of sp³-hybridized carbons (Fsp3) is 0.455. The molecule has 0 spiro atoms. The van der Waals surface area contributed by atoms with Crippen molar-refractivity contribution in [3.63, 3.8) is 0 Å². The molecule has 2 fully saturated rings. The van der Waals surface area contributed by atoms with Gasteiger partial charge < -0.3 is 20.3 Å². The van der Waals surface area contributed by atoms with Crippen LogP contribution in [0.3, 0.4) is 0 Å². The summed E-state index contributed by atoms with van der Waals surface area (Å²) < 4.78 is 20.3. The molecule has 9 nitrogen and oxygen atoms in total. The first-order valence-corrected chi connectivity index (χ1v) is 10.7. The van der Waals surface area contributed by atoms with Crippen LogP contribution in [0.2, 0.25) is 0 Å². The molecule has 2 aliphatic rings. The van der Waals surface area contributed by atoms with Crippen LogP contribution in [-0.4, -0.2) is 76.1 Å². The highest BCUT2D eigenvalue weighted by molar-refractivity contribution is 6.05. The number of Topliss-reactive ketones (excluding diaryl/α,β-unsaturated/α-hetero) is 1. The van der Waals surface area contributed by atoms with E-state index in [1.807, 2.05) is 0 Å². The van der Waals surface area contributed by atoms with Crippen LogP contribution in [0, 0.1) is 5.82 Å². The van der Waals surface area contributed by atoms with Gasteiger partial charge >= 0.3 is 0 Å². The molecule has 2 amide bonds. The van der Waals surface area contributed by atoms with E-state index in [0.717, 1.165) is 13.0 Å². The van der Waals surface area contributed by atoms with Gasteiger partial charge in [-0.1, -0.05) is 6.07 Å². The predicted octanol–water partition coefficient (Wildman–Crippen LogP) is 1.41. The van der Waals surface area contributed by atoms with E-state index in [0.29, 0.717) is 38.0 Å². The van der Waals surface area contributed by atoms with Crippen LogP contribution in [0.5, 0.6) is 0 Å². The Bertz CT molecular complexity index is 1020. The summed E-state index contributed by atoms with van der Waals surface area (Å²) in [6.07, 6.45) is 4.00. The van der Waals surface area contributed by atoms with Crippen molar-refractivity contribution in [3.8, 4) is 5.69 Å². The Hall–Kier alpha value is -3.27. The largest absolute Gasteiger partial charge is 0.383 e. The zero-order chi connectivity index (χ0) is 22.7. The minimum absolute atomic E-state index is 0.103. The Morgan fingerprint density at radius 1 is 1.25 bits per heavy atom. The highest BCUT2D eigenvalue weighted by Crippen LogP contribution is 2.25. The molecule has 0 bridgehead atoms. The minimum Gasteiger partial charge on any atom is -0.383 e. The van der Waals surface area contributed by atoms with E-state index in [9.17, 15) is 18.8 Å². The predicted molar refractivity (Wildman–Crippen MR) is 114 cm³/mol. The van der Waals surface area contributed by atoms with E-state index < -0.39 is 11.9 Å².